The van der Waals surface area contributed by atoms with E-state index in [0.29, 0.717) is 22.0 Å². The zero-order valence-electron chi connectivity index (χ0n) is 14.6. The fraction of sp³-hybridized carbons (Fsp3) is 0.222. The molecule has 1 aromatic carbocycles. The Morgan fingerprint density at radius 1 is 1.26 bits per heavy atom. The van der Waals surface area contributed by atoms with E-state index in [9.17, 15) is 14.4 Å². The number of para-hydroxylation sites is 1. The fourth-order valence-corrected chi connectivity index (χ4v) is 3.11. The van der Waals surface area contributed by atoms with Crippen molar-refractivity contribution >= 4 is 45.3 Å². The van der Waals surface area contributed by atoms with Gasteiger partial charge in [0.05, 0.1) is 19.2 Å². The molecule has 2 aromatic heterocycles. The van der Waals surface area contributed by atoms with Gasteiger partial charge in [-0.3, -0.25) is 14.9 Å². The van der Waals surface area contributed by atoms with Crippen LogP contribution in [0.15, 0.2) is 34.1 Å². The molecule has 0 saturated carbocycles. The summed E-state index contributed by atoms with van der Waals surface area (Å²) in [6, 6.07) is 7.23. The maximum Gasteiger partial charge on any atom is 0.375 e. The number of aryl methyl sites for hydroxylation is 1. The second-order valence-electron chi connectivity index (χ2n) is 5.57. The average Bonchev–Trinajstić information content (AvgIpc) is 3.24. The molecule has 1 amide bonds. The van der Waals surface area contributed by atoms with Crippen LogP contribution in [-0.2, 0) is 25.5 Å². The zero-order valence-corrected chi connectivity index (χ0v) is 15.4. The van der Waals surface area contributed by atoms with Crippen molar-refractivity contribution in [2.45, 2.75) is 13.3 Å². The van der Waals surface area contributed by atoms with Crippen molar-refractivity contribution in [3.05, 3.63) is 46.7 Å². The van der Waals surface area contributed by atoms with Crippen LogP contribution in [0, 0.1) is 6.92 Å². The predicted molar refractivity (Wildman–Crippen MR) is 97.7 cm³/mol. The summed E-state index contributed by atoms with van der Waals surface area (Å²) in [5.41, 5.74) is 1.72. The Morgan fingerprint density at radius 3 is 2.78 bits per heavy atom. The first-order valence-electron chi connectivity index (χ1n) is 7.94. The third-order valence-electron chi connectivity index (χ3n) is 3.71. The van der Waals surface area contributed by atoms with Crippen molar-refractivity contribution in [3.63, 3.8) is 0 Å². The summed E-state index contributed by atoms with van der Waals surface area (Å²) < 4.78 is 15.1. The summed E-state index contributed by atoms with van der Waals surface area (Å²) in [7, 11) is 1.29. The first-order valence-corrected chi connectivity index (χ1v) is 8.82. The number of anilines is 1. The van der Waals surface area contributed by atoms with Crippen molar-refractivity contribution < 1.29 is 28.3 Å². The second-order valence-corrected chi connectivity index (χ2v) is 6.43. The Labute approximate surface area is 158 Å². The average molecular weight is 388 g/mol. The molecule has 140 valence electrons. The predicted octanol–water partition coefficient (Wildman–Crippen LogP) is 2.71. The largest absolute Gasteiger partial charge is 0.469 e. The molecule has 0 aliphatic heterocycles. The number of benzene rings is 1. The van der Waals surface area contributed by atoms with E-state index in [-0.39, 0.29) is 12.2 Å². The number of fused-ring (bicyclic) bond motifs is 1. The van der Waals surface area contributed by atoms with Gasteiger partial charge in [0.2, 0.25) is 5.76 Å². The molecule has 0 bridgehead atoms. The van der Waals surface area contributed by atoms with Gasteiger partial charge in [0.25, 0.3) is 5.91 Å². The van der Waals surface area contributed by atoms with E-state index >= 15 is 0 Å². The third-order valence-corrected chi connectivity index (χ3v) is 4.52. The van der Waals surface area contributed by atoms with E-state index in [0.717, 1.165) is 16.7 Å². The van der Waals surface area contributed by atoms with Crippen molar-refractivity contribution in [3.8, 4) is 0 Å². The molecule has 1 N–H and O–H groups in total. The van der Waals surface area contributed by atoms with Crippen LogP contribution in [0.2, 0.25) is 0 Å². The van der Waals surface area contributed by atoms with Crippen molar-refractivity contribution in [1.29, 1.82) is 0 Å². The minimum atomic E-state index is -0.718. The smallest absolute Gasteiger partial charge is 0.375 e. The number of methoxy groups -OCH3 is 1. The molecule has 8 nitrogen and oxygen atoms in total. The number of nitrogens with one attached hydrogen (secondary N) is 1. The minimum absolute atomic E-state index is 0.0170. The Hall–Kier alpha value is -3.20. The maximum atomic E-state index is 12.2. The molecule has 9 heteroatoms. The number of hydrogen-bond acceptors (Lipinski definition) is 8. The molecule has 0 atom stereocenters. The van der Waals surface area contributed by atoms with E-state index in [1.165, 1.54) is 7.11 Å². The van der Waals surface area contributed by atoms with Crippen LogP contribution in [0.25, 0.3) is 11.0 Å². The number of furan rings is 1. The van der Waals surface area contributed by atoms with Gasteiger partial charge in [-0.25, -0.2) is 9.78 Å². The molecule has 0 unspecified atom stereocenters. The van der Waals surface area contributed by atoms with Gasteiger partial charge in [-0.05, 0) is 13.0 Å². The molecule has 3 rings (SSSR count). The van der Waals surface area contributed by atoms with Gasteiger partial charge in [-0.2, -0.15) is 0 Å². The number of esters is 2. The lowest BCUT2D eigenvalue weighted by Gasteiger charge is -2.03. The standard InChI is InChI=1S/C18H16N2O6S/c1-10-12-5-3-4-6-13(12)26-16(10)17(23)25-8-14(21)20-18-19-11(9-27-18)7-15(22)24-2/h3-6,9H,7-8H2,1-2H3,(H,19,20,21). The van der Waals surface area contributed by atoms with E-state index in [1.54, 1.807) is 24.4 Å². The SMILES string of the molecule is COC(=O)Cc1csc(NC(=O)COC(=O)c2oc3ccccc3c2C)n1. The molecule has 2 heterocycles. The number of amides is 1. The molecule has 0 aliphatic carbocycles. The van der Waals surface area contributed by atoms with E-state index in [4.69, 9.17) is 9.15 Å². The van der Waals surface area contributed by atoms with E-state index in [2.05, 4.69) is 15.0 Å². The highest BCUT2D eigenvalue weighted by Gasteiger charge is 2.20. The summed E-state index contributed by atoms with van der Waals surface area (Å²) in [5.74, 6) is -1.62. The quantitative estimate of drug-likeness (QED) is 0.647. The molecule has 27 heavy (non-hydrogen) atoms. The molecule has 3 aromatic rings. The van der Waals surface area contributed by atoms with Crippen LogP contribution in [-0.4, -0.2) is 36.5 Å². The lowest BCUT2D eigenvalue weighted by atomic mass is 10.1. The number of thiazole rings is 1. The second kappa shape index (κ2) is 8.00. The minimum Gasteiger partial charge on any atom is -0.469 e. The highest BCUT2D eigenvalue weighted by atomic mass is 32.1. The monoisotopic (exact) mass is 388 g/mol. The lowest BCUT2D eigenvalue weighted by molar-refractivity contribution is -0.139. The van der Waals surface area contributed by atoms with Gasteiger partial charge in [0.1, 0.15) is 5.58 Å². The molecule has 0 saturated heterocycles. The third kappa shape index (κ3) is 4.32. The number of hydrogen-bond donors (Lipinski definition) is 1. The molecular weight excluding hydrogens is 372 g/mol. The number of ether oxygens (including phenoxy) is 2. The molecule has 0 fully saturated rings. The van der Waals surface area contributed by atoms with Gasteiger partial charge >= 0.3 is 11.9 Å². The fourth-order valence-electron chi connectivity index (χ4n) is 2.39. The van der Waals surface area contributed by atoms with Crippen molar-refractivity contribution in [1.82, 2.24) is 4.98 Å². The molecular formula is C18H16N2O6S. The summed E-state index contributed by atoms with van der Waals surface area (Å²) in [4.78, 5) is 39.4. The maximum absolute atomic E-state index is 12.2. The van der Waals surface area contributed by atoms with Gasteiger partial charge < -0.3 is 13.9 Å². The first kappa shape index (κ1) is 18.6. The molecule has 0 radical (unpaired) electrons. The van der Waals surface area contributed by atoms with Crippen LogP contribution in [0.3, 0.4) is 0 Å². The Morgan fingerprint density at radius 2 is 2.04 bits per heavy atom. The Balaban J connectivity index is 1.56. The topological polar surface area (TPSA) is 108 Å². The van der Waals surface area contributed by atoms with Crippen LogP contribution < -0.4 is 5.32 Å². The summed E-state index contributed by atoms with van der Waals surface area (Å²) in [5, 5.41) is 5.26. The lowest BCUT2D eigenvalue weighted by Crippen LogP contribution is -2.21. The number of nitrogens with zero attached hydrogens (tertiary/aromatic N) is 1. The van der Waals surface area contributed by atoms with Gasteiger partial charge in [0, 0.05) is 16.3 Å². The first-order chi connectivity index (χ1) is 13.0. The van der Waals surface area contributed by atoms with Crippen LogP contribution >= 0.6 is 11.3 Å². The highest BCUT2D eigenvalue weighted by molar-refractivity contribution is 7.13. The van der Waals surface area contributed by atoms with Crippen molar-refractivity contribution in [2.75, 3.05) is 19.0 Å². The zero-order chi connectivity index (χ0) is 19.4. The Bertz CT molecular complexity index is 1010. The van der Waals surface area contributed by atoms with Crippen molar-refractivity contribution in [2.24, 2.45) is 0 Å². The summed E-state index contributed by atoms with van der Waals surface area (Å²) in [6.07, 6.45) is 0.0170. The van der Waals surface area contributed by atoms with E-state index < -0.39 is 24.5 Å². The van der Waals surface area contributed by atoms with Crippen LogP contribution in [0.5, 0.6) is 0 Å². The Kier molecular flexibility index (Phi) is 5.51. The van der Waals surface area contributed by atoms with Crippen LogP contribution in [0.1, 0.15) is 21.8 Å². The number of rotatable bonds is 6. The number of carbonyl (C=O) groups is 3. The summed E-state index contributed by atoms with van der Waals surface area (Å²) in [6.45, 7) is 1.27. The van der Waals surface area contributed by atoms with Gasteiger partial charge in [-0.1, -0.05) is 18.2 Å². The normalized spacial score (nSPS) is 10.6. The van der Waals surface area contributed by atoms with Crippen LogP contribution in [0.4, 0.5) is 5.13 Å². The highest BCUT2D eigenvalue weighted by Crippen LogP contribution is 2.25. The molecule has 0 spiro atoms. The summed E-state index contributed by atoms with van der Waals surface area (Å²) >= 11 is 1.16. The molecule has 0 aliphatic rings. The number of carbonyl (C=O) groups excluding carboxylic acids is 3. The van der Waals surface area contributed by atoms with Gasteiger partial charge in [-0.15, -0.1) is 11.3 Å². The van der Waals surface area contributed by atoms with E-state index in [1.807, 2.05) is 12.1 Å². The number of aromatic nitrogens is 1. The van der Waals surface area contributed by atoms with Gasteiger partial charge in [0.15, 0.2) is 11.7 Å².